The van der Waals surface area contributed by atoms with Crippen molar-refractivity contribution in [3.05, 3.63) is 89.0 Å². The van der Waals surface area contributed by atoms with E-state index in [9.17, 15) is 19.8 Å². The van der Waals surface area contributed by atoms with E-state index in [1.807, 2.05) is 32.0 Å². The quantitative estimate of drug-likeness (QED) is 0.199. The van der Waals surface area contributed by atoms with E-state index in [1.54, 1.807) is 36.4 Å². The molecule has 1 atom stereocenters. The van der Waals surface area contributed by atoms with Crippen LogP contribution in [-0.2, 0) is 9.59 Å². The number of anilines is 1. The molecule has 2 N–H and O–H groups in total. The van der Waals surface area contributed by atoms with Crippen LogP contribution in [0.1, 0.15) is 36.1 Å². The second kappa shape index (κ2) is 9.47. The van der Waals surface area contributed by atoms with Gasteiger partial charge < -0.3 is 14.9 Å². The molecule has 0 saturated carbocycles. The lowest BCUT2D eigenvalue weighted by atomic mass is 9.95. The minimum absolute atomic E-state index is 0.0386. The fourth-order valence-electron chi connectivity index (χ4n) is 4.21. The smallest absolute Gasteiger partial charge is 0.301 e. The van der Waals surface area contributed by atoms with Crippen LogP contribution in [0.2, 0.25) is 0 Å². The van der Waals surface area contributed by atoms with E-state index in [1.165, 1.54) is 28.4 Å². The Morgan fingerprint density at radius 3 is 2.47 bits per heavy atom. The highest BCUT2D eigenvalue weighted by molar-refractivity contribution is 7.22. The number of ether oxygens (including phenoxy) is 1. The molecule has 0 bridgehead atoms. The van der Waals surface area contributed by atoms with Crippen LogP contribution in [0.5, 0.6) is 11.5 Å². The summed E-state index contributed by atoms with van der Waals surface area (Å²) in [6.45, 7) is 4.55. The summed E-state index contributed by atoms with van der Waals surface area (Å²) in [7, 11) is 0. The van der Waals surface area contributed by atoms with E-state index in [-0.39, 0.29) is 17.1 Å². The zero-order valence-electron chi connectivity index (χ0n) is 19.8. The first-order valence-corrected chi connectivity index (χ1v) is 12.4. The molecule has 3 aromatic carbocycles. The number of aliphatic hydroxyl groups excluding tert-OH is 1. The molecular formula is C28H24N2O5S. The molecule has 182 valence electrons. The molecular weight excluding hydrogens is 476 g/mol. The summed E-state index contributed by atoms with van der Waals surface area (Å²) in [5.74, 6) is -1.16. The average molecular weight is 501 g/mol. The van der Waals surface area contributed by atoms with Crippen molar-refractivity contribution in [2.24, 2.45) is 0 Å². The molecule has 0 radical (unpaired) electrons. The van der Waals surface area contributed by atoms with Crippen LogP contribution in [0, 0.1) is 6.92 Å². The normalized spacial score (nSPS) is 17.2. The van der Waals surface area contributed by atoms with Gasteiger partial charge in [-0.1, -0.05) is 36.5 Å². The largest absolute Gasteiger partial charge is 0.508 e. The first-order valence-electron chi connectivity index (χ1n) is 11.6. The van der Waals surface area contributed by atoms with Gasteiger partial charge in [-0.25, -0.2) is 4.98 Å². The van der Waals surface area contributed by atoms with Gasteiger partial charge in [0.15, 0.2) is 5.13 Å². The topological polar surface area (TPSA) is 100.0 Å². The Balaban J connectivity index is 1.65. The molecule has 36 heavy (non-hydrogen) atoms. The maximum absolute atomic E-state index is 13.3. The molecule has 4 aromatic rings. The van der Waals surface area contributed by atoms with Gasteiger partial charge >= 0.3 is 5.91 Å². The van der Waals surface area contributed by atoms with Crippen molar-refractivity contribution in [3.8, 4) is 11.5 Å². The molecule has 1 saturated heterocycles. The third-order valence-electron chi connectivity index (χ3n) is 5.99. The minimum atomic E-state index is -0.914. The van der Waals surface area contributed by atoms with Crippen molar-refractivity contribution in [1.82, 2.24) is 4.98 Å². The standard InChI is InChI=1S/C28H24N2O5S/c1-3-14-35-20-11-7-18(8-12-20)25(32)23-24(17-5-9-19(31)10-6-17)30(27(34)26(23)33)28-29-21-13-4-16(2)15-22(21)36-28/h4-13,15,24,31-32H,3,14H2,1-2H3/b25-23+. The van der Waals surface area contributed by atoms with E-state index in [2.05, 4.69) is 4.98 Å². The number of aliphatic hydroxyl groups is 1. The van der Waals surface area contributed by atoms with E-state index < -0.39 is 17.7 Å². The van der Waals surface area contributed by atoms with Gasteiger partial charge in [0.25, 0.3) is 5.78 Å². The van der Waals surface area contributed by atoms with Crippen molar-refractivity contribution >= 4 is 44.1 Å². The average Bonchev–Trinajstić information content (AvgIpc) is 3.40. The van der Waals surface area contributed by atoms with Crippen molar-refractivity contribution in [1.29, 1.82) is 0 Å². The number of phenolic OH excluding ortho intramolecular Hbond substituents is 1. The monoisotopic (exact) mass is 500 g/mol. The maximum Gasteiger partial charge on any atom is 0.301 e. The second-order valence-corrected chi connectivity index (χ2v) is 9.61. The predicted octanol–water partition coefficient (Wildman–Crippen LogP) is 5.73. The molecule has 1 aliphatic heterocycles. The number of aromatic hydroxyl groups is 1. The molecule has 1 aliphatic rings. The summed E-state index contributed by atoms with van der Waals surface area (Å²) in [5.41, 5.74) is 2.69. The van der Waals surface area contributed by atoms with Gasteiger partial charge in [-0.2, -0.15) is 0 Å². The van der Waals surface area contributed by atoms with Crippen LogP contribution < -0.4 is 9.64 Å². The van der Waals surface area contributed by atoms with Crippen LogP contribution in [-0.4, -0.2) is 33.5 Å². The van der Waals surface area contributed by atoms with Crippen molar-refractivity contribution < 1.29 is 24.5 Å². The Labute approximate surface area is 211 Å². The molecule has 1 unspecified atom stereocenters. The summed E-state index contributed by atoms with van der Waals surface area (Å²) in [4.78, 5) is 32.6. The fourth-order valence-corrected chi connectivity index (χ4v) is 5.30. The Bertz CT molecular complexity index is 1490. The molecule has 0 aliphatic carbocycles. The SMILES string of the molecule is CCCOc1ccc(/C(O)=C2\C(=O)C(=O)N(c3nc4ccc(C)cc4s3)C2c2ccc(O)cc2)cc1. The number of nitrogens with zero attached hydrogens (tertiary/aromatic N) is 2. The van der Waals surface area contributed by atoms with Gasteiger partial charge in [0.1, 0.15) is 17.3 Å². The first kappa shape index (κ1) is 23.6. The highest BCUT2D eigenvalue weighted by Crippen LogP contribution is 2.44. The van der Waals surface area contributed by atoms with Crippen LogP contribution in [0.25, 0.3) is 16.0 Å². The summed E-state index contributed by atoms with van der Waals surface area (Å²) >= 11 is 1.31. The lowest BCUT2D eigenvalue weighted by Crippen LogP contribution is -2.29. The number of phenols is 1. The van der Waals surface area contributed by atoms with Crippen molar-refractivity contribution in [2.45, 2.75) is 26.3 Å². The van der Waals surface area contributed by atoms with Crippen molar-refractivity contribution in [2.75, 3.05) is 11.5 Å². The molecule has 0 spiro atoms. The number of fused-ring (bicyclic) bond motifs is 1. The number of carbonyl (C=O) groups excluding carboxylic acids is 2. The molecule has 1 fully saturated rings. The number of rotatable bonds is 6. The van der Waals surface area contributed by atoms with Gasteiger partial charge in [-0.3, -0.25) is 14.5 Å². The highest BCUT2D eigenvalue weighted by atomic mass is 32.1. The van der Waals surface area contributed by atoms with Crippen LogP contribution in [0.15, 0.2) is 72.3 Å². The number of carbonyl (C=O) groups is 2. The highest BCUT2D eigenvalue weighted by Gasteiger charge is 2.48. The first-order chi connectivity index (χ1) is 17.4. The molecule has 8 heteroatoms. The lowest BCUT2D eigenvalue weighted by molar-refractivity contribution is -0.132. The summed E-state index contributed by atoms with van der Waals surface area (Å²) in [6.07, 6.45) is 0.864. The number of thiazole rings is 1. The zero-order valence-corrected chi connectivity index (χ0v) is 20.6. The Hall–Kier alpha value is -4.17. The van der Waals surface area contributed by atoms with E-state index >= 15 is 0 Å². The lowest BCUT2D eigenvalue weighted by Gasteiger charge is -2.23. The number of aromatic nitrogens is 1. The van der Waals surface area contributed by atoms with Gasteiger partial charge in [0, 0.05) is 5.56 Å². The third-order valence-corrected chi connectivity index (χ3v) is 7.01. The van der Waals surface area contributed by atoms with Gasteiger partial charge in [0.05, 0.1) is 28.4 Å². The molecule has 2 heterocycles. The Morgan fingerprint density at radius 2 is 1.78 bits per heavy atom. The Morgan fingerprint density at radius 1 is 1.06 bits per heavy atom. The molecule has 7 nitrogen and oxygen atoms in total. The number of aryl methyl sites for hydroxylation is 1. The number of Topliss-reactive ketones (excluding diaryl/α,β-unsaturated/α-hetero) is 1. The third kappa shape index (κ3) is 4.20. The van der Waals surface area contributed by atoms with Gasteiger partial charge in [-0.15, -0.1) is 0 Å². The second-order valence-electron chi connectivity index (χ2n) is 8.60. The van der Waals surface area contributed by atoms with E-state index in [0.29, 0.717) is 28.6 Å². The maximum atomic E-state index is 13.3. The molecule has 1 aromatic heterocycles. The number of amides is 1. The molecule has 1 amide bonds. The number of hydrogen-bond acceptors (Lipinski definition) is 7. The zero-order chi connectivity index (χ0) is 25.4. The number of ketones is 1. The number of hydrogen-bond donors (Lipinski definition) is 2. The van der Waals surface area contributed by atoms with Crippen molar-refractivity contribution in [3.63, 3.8) is 0 Å². The van der Waals surface area contributed by atoms with Crippen LogP contribution in [0.3, 0.4) is 0 Å². The Kier molecular flexibility index (Phi) is 6.20. The van der Waals surface area contributed by atoms with Crippen LogP contribution >= 0.6 is 11.3 Å². The van der Waals surface area contributed by atoms with E-state index in [0.717, 1.165) is 22.2 Å². The molecule has 5 rings (SSSR count). The van der Waals surface area contributed by atoms with Crippen LogP contribution in [0.4, 0.5) is 5.13 Å². The summed E-state index contributed by atoms with van der Waals surface area (Å²) in [6, 6.07) is 17.8. The summed E-state index contributed by atoms with van der Waals surface area (Å²) < 4.78 is 6.50. The van der Waals surface area contributed by atoms with Gasteiger partial charge in [0.2, 0.25) is 0 Å². The minimum Gasteiger partial charge on any atom is -0.508 e. The van der Waals surface area contributed by atoms with E-state index in [4.69, 9.17) is 4.74 Å². The summed E-state index contributed by atoms with van der Waals surface area (Å²) in [5, 5.41) is 21.5. The number of benzene rings is 3. The fraction of sp³-hybridized carbons (Fsp3) is 0.179. The van der Waals surface area contributed by atoms with Gasteiger partial charge in [-0.05, 0) is 73.0 Å². The predicted molar refractivity (Wildman–Crippen MR) is 139 cm³/mol.